The standard InChI is InChI=1S/C27H39N3O5S/c1-7-23(27(32)28-20(2)3)29(19-22-13-10-12-21(4)18-22)26(31)16-11-17-30(36(6,33)34)24-14-8-9-15-25(24)35-5/h8-10,12-15,18,20,23H,7,11,16-17,19H2,1-6H3,(H,28,32)/t23-/m0/s1. The lowest BCUT2D eigenvalue weighted by molar-refractivity contribution is -0.141. The molecule has 0 bridgehead atoms. The number of carbonyl (C=O) groups is 2. The molecule has 0 heterocycles. The van der Waals surface area contributed by atoms with E-state index in [1.807, 2.05) is 52.0 Å². The minimum atomic E-state index is -3.61. The molecule has 36 heavy (non-hydrogen) atoms. The summed E-state index contributed by atoms with van der Waals surface area (Å²) in [7, 11) is -2.12. The number of hydrogen-bond acceptors (Lipinski definition) is 5. The van der Waals surface area contributed by atoms with Crippen LogP contribution in [-0.2, 0) is 26.2 Å². The summed E-state index contributed by atoms with van der Waals surface area (Å²) in [5, 5.41) is 2.92. The van der Waals surface area contributed by atoms with Crippen molar-refractivity contribution in [2.75, 3.05) is 24.2 Å². The van der Waals surface area contributed by atoms with Crippen LogP contribution in [0.15, 0.2) is 48.5 Å². The van der Waals surface area contributed by atoms with Crippen LogP contribution in [0.2, 0.25) is 0 Å². The molecule has 0 radical (unpaired) electrons. The van der Waals surface area contributed by atoms with Crippen molar-refractivity contribution >= 4 is 27.5 Å². The molecule has 2 aromatic carbocycles. The molecule has 0 aromatic heterocycles. The lowest BCUT2D eigenvalue weighted by atomic mass is 10.1. The largest absolute Gasteiger partial charge is 0.495 e. The Morgan fingerprint density at radius 1 is 1.08 bits per heavy atom. The number of carbonyl (C=O) groups excluding carboxylic acids is 2. The first-order valence-electron chi connectivity index (χ1n) is 12.2. The third-order valence-corrected chi connectivity index (χ3v) is 6.94. The van der Waals surface area contributed by atoms with Crippen LogP contribution >= 0.6 is 0 Å². The minimum absolute atomic E-state index is 0.0494. The number of para-hydroxylation sites is 2. The molecule has 0 aliphatic heterocycles. The number of amides is 2. The Morgan fingerprint density at radius 3 is 2.36 bits per heavy atom. The van der Waals surface area contributed by atoms with Crippen LogP contribution in [0.4, 0.5) is 5.69 Å². The van der Waals surface area contributed by atoms with Gasteiger partial charge in [0.2, 0.25) is 21.8 Å². The van der Waals surface area contributed by atoms with Gasteiger partial charge in [-0.25, -0.2) is 8.42 Å². The van der Waals surface area contributed by atoms with Crippen molar-refractivity contribution in [1.29, 1.82) is 0 Å². The highest BCUT2D eigenvalue weighted by molar-refractivity contribution is 7.92. The maximum Gasteiger partial charge on any atom is 0.243 e. The lowest BCUT2D eigenvalue weighted by Crippen LogP contribution is -2.50. The van der Waals surface area contributed by atoms with Gasteiger partial charge in [0, 0.05) is 25.6 Å². The first-order chi connectivity index (χ1) is 17.0. The fraction of sp³-hybridized carbons (Fsp3) is 0.481. The molecule has 0 unspecified atom stereocenters. The van der Waals surface area contributed by atoms with E-state index in [0.29, 0.717) is 24.4 Å². The first kappa shape index (κ1) is 29.2. The summed E-state index contributed by atoms with van der Waals surface area (Å²) < 4.78 is 31.7. The Bertz CT molecular complexity index is 1130. The summed E-state index contributed by atoms with van der Waals surface area (Å²) in [4.78, 5) is 28.0. The Balaban J connectivity index is 2.25. The monoisotopic (exact) mass is 517 g/mol. The number of rotatable bonds is 13. The number of nitrogens with zero attached hydrogens (tertiary/aromatic N) is 2. The predicted molar refractivity (Wildman–Crippen MR) is 144 cm³/mol. The zero-order chi connectivity index (χ0) is 26.9. The second-order valence-electron chi connectivity index (χ2n) is 9.21. The van der Waals surface area contributed by atoms with E-state index < -0.39 is 16.1 Å². The van der Waals surface area contributed by atoms with Gasteiger partial charge < -0.3 is 15.0 Å². The smallest absolute Gasteiger partial charge is 0.243 e. The molecule has 0 fully saturated rings. The van der Waals surface area contributed by atoms with Gasteiger partial charge in [-0.2, -0.15) is 0 Å². The molecular weight excluding hydrogens is 478 g/mol. The summed E-state index contributed by atoms with van der Waals surface area (Å²) in [5.74, 6) is 0.0442. The number of benzene rings is 2. The second-order valence-corrected chi connectivity index (χ2v) is 11.1. The maximum absolute atomic E-state index is 13.5. The van der Waals surface area contributed by atoms with Crippen molar-refractivity contribution < 1.29 is 22.7 Å². The van der Waals surface area contributed by atoms with Crippen LogP contribution < -0.4 is 14.4 Å². The summed E-state index contributed by atoms with van der Waals surface area (Å²) in [6.07, 6.45) is 1.98. The van der Waals surface area contributed by atoms with Gasteiger partial charge >= 0.3 is 0 Å². The minimum Gasteiger partial charge on any atom is -0.495 e. The third-order valence-electron chi connectivity index (χ3n) is 5.76. The van der Waals surface area contributed by atoms with Crippen molar-refractivity contribution in [3.63, 3.8) is 0 Å². The van der Waals surface area contributed by atoms with E-state index in [1.54, 1.807) is 29.2 Å². The molecule has 0 saturated heterocycles. The number of methoxy groups -OCH3 is 1. The number of anilines is 1. The van der Waals surface area contributed by atoms with E-state index in [-0.39, 0.29) is 37.2 Å². The van der Waals surface area contributed by atoms with Gasteiger partial charge in [0.1, 0.15) is 11.8 Å². The van der Waals surface area contributed by atoms with Crippen molar-refractivity contribution in [2.45, 2.75) is 65.6 Å². The molecular formula is C27H39N3O5S. The van der Waals surface area contributed by atoms with E-state index in [0.717, 1.165) is 17.4 Å². The van der Waals surface area contributed by atoms with Gasteiger partial charge in [-0.15, -0.1) is 0 Å². The van der Waals surface area contributed by atoms with Crippen molar-refractivity contribution in [1.82, 2.24) is 10.2 Å². The number of ether oxygens (including phenoxy) is 1. The highest BCUT2D eigenvalue weighted by atomic mass is 32.2. The summed E-state index contributed by atoms with van der Waals surface area (Å²) in [5.41, 5.74) is 2.43. The quantitative estimate of drug-likeness (QED) is 0.435. The van der Waals surface area contributed by atoms with E-state index in [2.05, 4.69) is 5.32 Å². The Kier molecular flexibility index (Phi) is 10.8. The number of hydrogen-bond donors (Lipinski definition) is 1. The van der Waals surface area contributed by atoms with Crippen LogP contribution in [0.3, 0.4) is 0 Å². The molecule has 1 atom stereocenters. The van der Waals surface area contributed by atoms with Gasteiger partial charge in [-0.3, -0.25) is 13.9 Å². The molecule has 2 rings (SSSR count). The highest BCUT2D eigenvalue weighted by Crippen LogP contribution is 2.29. The molecule has 9 heteroatoms. The predicted octanol–water partition coefficient (Wildman–Crippen LogP) is 3.88. The van der Waals surface area contributed by atoms with E-state index in [1.165, 1.54) is 11.4 Å². The average molecular weight is 518 g/mol. The van der Waals surface area contributed by atoms with Gasteiger partial charge in [0.25, 0.3) is 0 Å². The molecule has 0 saturated carbocycles. The average Bonchev–Trinajstić information content (AvgIpc) is 2.80. The Labute approximate surface area is 215 Å². The Hall–Kier alpha value is -3.07. The molecule has 2 amide bonds. The zero-order valence-electron chi connectivity index (χ0n) is 22.2. The fourth-order valence-electron chi connectivity index (χ4n) is 4.13. The molecule has 2 aromatic rings. The topological polar surface area (TPSA) is 96.0 Å². The zero-order valence-corrected chi connectivity index (χ0v) is 23.0. The molecule has 198 valence electrons. The second kappa shape index (κ2) is 13.3. The number of aryl methyl sites for hydroxylation is 1. The van der Waals surface area contributed by atoms with Crippen LogP contribution in [0.5, 0.6) is 5.75 Å². The summed E-state index contributed by atoms with van der Waals surface area (Å²) in [6.45, 7) is 8.04. The van der Waals surface area contributed by atoms with Crippen LogP contribution in [0, 0.1) is 6.92 Å². The first-order valence-corrected chi connectivity index (χ1v) is 14.1. The summed E-state index contributed by atoms with van der Waals surface area (Å²) >= 11 is 0. The van der Waals surface area contributed by atoms with Crippen molar-refractivity contribution in [2.24, 2.45) is 0 Å². The van der Waals surface area contributed by atoms with Gasteiger partial charge in [0.15, 0.2) is 0 Å². The van der Waals surface area contributed by atoms with Crippen LogP contribution in [-0.4, -0.2) is 57.1 Å². The van der Waals surface area contributed by atoms with Crippen molar-refractivity contribution in [3.8, 4) is 5.75 Å². The van der Waals surface area contributed by atoms with Crippen LogP contribution in [0.1, 0.15) is 51.2 Å². The van der Waals surface area contributed by atoms with E-state index in [4.69, 9.17) is 4.74 Å². The number of nitrogens with one attached hydrogen (secondary N) is 1. The van der Waals surface area contributed by atoms with Gasteiger partial charge in [0.05, 0.1) is 19.1 Å². The van der Waals surface area contributed by atoms with Crippen LogP contribution in [0.25, 0.3) is 0 Å². The Morgan fingerprint density at radius 2 is 1.78 bits per heavy atom. The molecule has 0 spiro atoms. The van der Waals surface area contributed by atoms with Crippen molar-refractivity contribution in [3.05, 3.63) is 59.7 Å². The van der Waals surface area contributed by atoms with E-state index >= 15 is 0 Å². The normalized spacial score (nSPS) is 12.2. The van der Waals surface area contributed by atoms with Gasteiger partial charge in [-0.05, 0) is 51.3 Å². The molecule has 8 nitrogen and oxygen atoms in total. The third kappa shape index (κ3) is 8.26. The lowest BCUT2D eigenvalue weighted by Gasteiger charge is -2.31. The molecule has 0 aliphatic rings. The summed E-state index contributed by atoms with van der Waals surface area (Å²) in [6, 6.07) is 14.1. The number of sulfonamides is 1. The maximum atomic E-state index is 13.5. The SMILES string of the molecule is CC[C@@H](C(=O)NC(C)C)N(Cc1cccc(C)c1)C(=O)CCCN(c1ccccc1OC)S(C)(=O)=O. The highest BCUT2D eigenvalue weighted by Gasteiger charge is 2.29. The molecule has 1 N–H and O–H groups in total. The fourth-order valence-corrected chi connectivity index (χ4v) is 5.09. The van der Waals surface area contributed by atoms with E-state index in [9.17, 15) is 18.0 Å². The van der Waals surface area contributed by atoms with Gasteiger partial charge in [-0.1, -0.05) is 48.9 Å². The molecule has 0 aliphatic carbocycles.